The van der Waals surface area contributed by atoms with Crippen LogP contribution in [-0.4, -0.2) is 73.3 Å². The molecule has 1 saturated heterocycles. The third-order valence-electron chi connectivity index (χ3n) is 7.17. The Morgan fingerprint density at radius 1 is 1.15 bits per heavy atom. The van der Waals surface area contributed by atoms with Crippen LogP contribution in [0.3, 0.4) is 0 Å². The van der Waals surface area contributed by atoms with Gasteiger partial charge in [-0.05, 0) is 83.9 Å². The van der Waals surface area contributed by atoms with Crippen LogP contribution >= 0.6 is 0 Å². The molecule has 34 heavy (non-hydrogen) atoms. The Bertz CT molecular complexity index is 854. The molecule has 2 heterocycles. The van der Waals surface area contributed by atoms with Gasteiger partial charge in [-0.3, -0.25) is 4.79 Å². The molecule has 2 amide bonds. The number of ether oxygens (including phenoxy) is 2. The van der Waals surface area contributed by atoms with E-state index in [-0.39, 0.29) is 17.4 Å². The second-order valence-corrected chi connectivity index (χ2v) is 11.3. The molecule has 1 aromatic rings. The molecule has 1 aromatic carbocycles. The Labute approximate surface area is 204 Å². The van der Waals surface area contributed by atoms with Gasteiger partial charge >= 0.3 is 6.09 Å². The number of hydrogen-bond acceptors (Lipinski definition) is 5. The van der Waals surface area contributed by atoms with Crippen molar-refractivity contribution in [2.24, 2.45) is 11.3 Å². The average Bonchev–Trinajstić information content (AvgIpc) is 3.57. The van der Waals surface area contributed by atoms with Crippen molar-refractivity contribution in [2.75, 3.05) is 45.9 Å². The maximum absolute atomic E-state index is 13.7. The van der Waals surface area contributed by atoms with Crippen LogP contribution in [0.15, 0.2) is 24.3 Å². The molecule has 0 atom stereocenters. The van der Waals surface area contributed by atoms with Crippen molar-refractivity contribution in [1.29, 1.82) is 0 Å². The lowest BCUT2D eigenvalue weighted by Gasteiger charge is -2.35. The Morgan fingerprint density at radius 3 is 2.59 bits per heavy atom. The first kappa shape index (κ1) is 24.8. The summed E-state index contributed by atoms with van der Waals surface area (Å²) in [7, 11) is 0. The van der Waals surface area contributed by atoms with E-state index in [4.69, 9.17) is 9.47 Å². The largest absolute Gasteiger partial charge is 0.492 e. The van der Waals surface area contributed by atoms with Gasteiger partial charge in [0.15, 0.2) is 0 Å². The molecule has 4 rings (SSSR count). The summed E-state index contributed by atoms with van der Waals surface area (Å²) in [5.74, 6) is 1.13. The van der Waals surface area contributed by atoms with Gasteiger partial charge in [-0.25, -0.2) is 4.79 Å². The van der Waals surface area contributed by atoms with Crippen molar-refractivity contribution in [3.8, 4) is 5.75 Å². The maximum Gasteiger partial charge on any atom is 0.410 e. The Hall–Kier alpha value is -2.28. The number of hydrogen-bond donors (Lipinski definition) is 1. The first-order valence-electron chi connectivity index (χ1n) is 12.9. The summed E-state index contributed by atoms with van der Waals surface area (Å²) in [5.41, 5.74) is 0.408. The van der Waals surface area contributed by atoms with Crippen LogP contribution in [0.1, 0.15) is 69.7 Å². The minimum absolute atomic E-state index is 0.0576. The molecule has 7 nitrogen and oxygen atoms in total. The van der Waals surface area contributed by atoms with Gasteiger partial charge < -0.3 is 24.6 Å². The normalized spacial score (nSPS) is 22.1. The van der Waals surface area contributed by atoms with Crippen molar-refractivity contribution >= 4 is 12.0 Å². The molecule has 0 unspecified atom stereocenters. The number of benzene rings is 1. The molecule has 1 saturated carbocycles. The number of likely N-dealkylation sites (tertiary alicyclic amines) is 1. The molecule has 3 aliphatic rings. The minimum Gasteiger partial charge on any atom is -0.492 e. The summed E-state index contributed by atoms with van der Waals surface area (Å²) in [4.78, 5) is 29.9. The number of carbonyl (C=O) groups is 2. The molecule has 0 radical (unpaired) electrons. The molecule has 0 bridgehead atoms. The van der Waals surface area contributed by atoms with Gasteiger partial charge in [0.2, 0.25) is 0 Å². The van der Waals surface area contributed by atoms with E-state index in [1.165, 1.54) is 12.8 Å². The van der Waals surface area contributed by atoms with Gasteiger partial charge in [0.05, 0.1) is 12.2 Å². The molecule has 1 spiro atoms. The van der Waals surface area contributed by atoms with E-state index in [1.807, 2.05) is 49.9 Å². The summed E-state index contributed by atoms with van der Waals surface area (Å²) < 4.78 is 11.8. The van der Waals surface area contributed by atoms with E-state index in [0.717, 1.165) is 45.3 Å². The molecular formula is C27H41N3O4. The zero-order valence-corrected chi connectivity index (χ0v) is 21.1. The van der Waals surface area contributed by atoms with Gasteiger partial charge in [0, 0.05) is 38.1 Å². The third-order valence-corrected chi connectivity index (χ3v) is 7.17. The number of carbonyl (C=O) groups excluding carboxylic acids is 2. The van der Waals surface area contributed by atoms with Crippen LogP contribution in [0, 0.1) is 11.3 Å². The van der Waals surface area contributed by atoms with Gasteiger partial charge in [-0.2, -0.15) is 0 Å². The van der Waals surface area contributed by atoms with E-state index >= 15 is 0 Å². The second-order valence-electron chi connectivity index (χ2n) is 11.3. The first-order valence-corrected chi connectivity index (χ1v) is 12.9. The lowest BCUT2D eigenvalue weighted by atomic mass is 9.96. The maximum atomic E-state index is 13.7. The minimum atomic E-state index is -0.484. The van der Waals surface area contributed by atoms with Crippen LogP contribution in [0.5, 0.6) is 5.75 Å². The molecule has 1 aliphatic carbocycles. The SMILES string of the molecule is CC(C)(C)OC(=O)N1CCC(CN2CCCCNCC3(CC3)COc3ccccc3C2=O)CC1. The highest BCUT2D eigenvalue weighted by molar-refractivity contribution is 5.97. The van der Waals surface area contributed by atoms with Crippen LogP contribution < -0.4 is 10.1 Å². The number of rotatable bonds is 2. The van der Waals surface area contributed by atoms with Crippen LogP contribution in [-0.2, 0) is 4.74 Å². The molecule has 0 aromatic heterocycles. The zero-order valence-electron chi connectivity index (χ0n) is 21.1. The smallest absolute Gasteiger partial charge is 0.410 e. The monoisotopic (exact) mass is 471 g/mol. The van der Waals surface area contributed by atoms with Crippen molar-refractivity contribution in [2.45, 2.75) is 64.9 Å². The van der Waals surface area contributed by atoms with Gasteiger partial charge in [-0.15, -0.1) is 0 Å². The fourth-order valence-electron chi connectivity index (χ4n) is 4.84. The van der Waals surface area contributed by atoms with Crippen LogP contribution in [0.2, 0.25) is 0 Å². The van der Waals surface area contributed by atoms with E-state index in [9.17, 15) is 9.59 Å². The number of para-hydroxylation sites is 1. The molecule has 7 heteroatoms. The zero-order chi connectivity index (χ0) is 24.2. The van der Waals surface area contributed by atoms with E-state index in [2.05, 4.69) is 5.32 Å². The van der Waals surface area contributed by atoms with Crippen LogP contribution in [0.25, 0.3) is 0 Å². The molecule has 1 N–H and O–H groups in total. The fourth-order valence-corrected chi connectivity index (χ4v) is 4.84. The number of nitrogens with zero attached hydrogens (tertiary/aromatic N) is 2. The van der Waals surface area contributed by atoms with E-state index in [1.54, 1.807) is 4.90 Å². The van der Waals surface area contributed by atoms with Gasteiger partial charge in [0.1, 0.15) is 11.4 Å². The Morgan fingerprint density at radius 2 is 1.88 bits per heavy atom. The second kappa shape index (κ2) is 10.5. The number of nitrogens with one attached hydrogen (secondary N) is 1. The fraction of sp³-hybridized carbons (Fsp3) is 0.704. The predicted molar refractivity (Wildman–Crippen MR) is 132 cm³/mol. The van der Waals surface area contributed by atoms with Crippen molar-refractivity contribution in [3.05, 3.63) is 29.8 Å². The summed E-state index contributed by atoms with van der Waals surface area (Å²) in [6.07, 6.45) is 5.92. The quantitative estimate of drug-likeness (QED) is 0.696. The third kappa shape index (κ3) is 6.65. The lowest BCUT2D eigenvalue weighted by molar-refractivity contribution is 0.0166. The molecule has 2 aliphatic heterocycles. The van der Waals surface area contributed by atoms with Crippen molar-refractivity contribution in [3.63, 3.8) is 0 Å². The lowest BCUT2D eigenvalue weighted by Crippen LogP contribution is -2.44. The number of piperidine rings is 1. The highest BCUT2D eigenvalue weighted by Gasteiger charge is 2.43. The topological polar surface area (TPSA) is 71.1 Å². The van der Waals surface area contributed by atoms with Gasteiger partial charge in [-0.1, -0.05) is 12.1 Å². The molecule has 188 valence electrons. The van der Waals surface area contributed by atoms with Crippen molar-refractivity contribution in [1.82, 2.24) is 15.1 Å². The molecule has 2 fully saturated rings. The number of fused-ring (bicyclic) bond motifs is 1. The van der Waals surface area contributed by atoms with Crippen molar-refractivity contribution < 1.29 is 19.1 Å². The van der Waals surface area contributed by atoms with Gasteiger partial charge in [0.25, 0.3) is 5.91 Å². The number of amides is 2. The average molecular weight is 472 g/mol. The van der Waals surface area contributed by atoms with E-state index < -0.39 is 5.60 Å². The first-order chi connectivity index (χ1) is 16.2. The standard InChI is InChI=1S/C27H41N3O4/c1-26(2,3)34-25(32)29-16-10-21(11-17-29)18-30-15-7-6-14-28-19-27(12-13-27)20-33-23-9-5-4-8-22(23)24(30)31/h4-5,8-9,21,28H,6-7,10-20H2,1-3H3. The highest BCUT2D eigenvalue weighted by Crippen LogP contribution is 2.45. The highest BCUT2D eigenvalue weighted by atomic mass is 16.6. The van der Waals surface area contributed by atoms with Crippen LogP contribution in [0.4, 0.5) is 4.79 Å². The Kier molecular flexibility index (Phi) is 7.70. The van der Waals surface area contributed by atoms with E-state index in [0.29, 0.717) is 43.5 Å². The summed E-state index contributed by atoms with van der Waals surface area (Å²) >= 11 is 0. The summed E-state index contributed by atoms with van der Waals surface area (Å²) in [6.45, 7) is 11.1. The molecular weight excluding hydrogens is 430 g/mol. The summed E-state index contributed by atoms with van der Waals surface area (Å²) in [5, 5.41) is 3.61. The Balaban J connectivity index is 1.41. The summed E-state index contributed by atoms with van der Waals surface area (Å²) in [6, 6.07) is 7.68. The predicted octanol–water partition coefficient (Wildman–Crippen LogP) is 4.32.